The maximum absolute atomic E-state index is 11.6. The van der Waals surface area contributed by atoms with Gasteiger partial charge in [-0.2, -0.15) is 0 Å². The Balaban J connectivity index is 0.00000225. The molecule has 0 aliphatic rings. The van der Waals surface area contributed by atoms with Gasteiger partial charge in [0.25, 0.3) is 0 Å². The number of carbonyl (C=O) groups is 1. The van der Waals surface area contributed by atoms with Gasteiger partial charge in [0, 0.05) is 22.6 Å². The summed E-state index contributed by atoms with van der Waals surface area (Å²) >= 11 is 3.34. The Kier molecular flexibility index (Phi) is 7.38. The van der Waals surface area contributed by atoms with Crippen molar-refractivity contribution in [3.8, 4) is 0 Å². The Morgan fingerprint density at radius 2 is 1.94 bits per heavy atom. The summed E-state index contributed by atoms with van der Waals surface area (Å²) in [6, 6.07) is 7.54. The molecule has 0 heterocycles. The summed E-state index contributed by atoms with van der Waals surface area (Å²) in [6.07, 6.45) is 0. The van der Waals surface area contributed by atoms with E-state index in [2.05, 4.69) is 26.6 Å². The van der Waals surface area contributed by atoms with Crippen LogP contribution in [0.3, 0.4) is 0 Å². The van der Waals surface area contributed by atoms with Crippen molar-refractivity contribution >= 4 is 39.9 Å². The molecule has 2 N–H and O–H groups in total. The van der Waals surface area contributed by atoms with Gasteiger partial charge in [-0.3, -0.25) is 4.79 Å². The third-order valence-electron chi connectivity index (χ3n) is 2.07. The van der Waals surface area contributed by atoms with E-state index in [0.717, 1.165) is 10.2 Å². The molecule has 1 amide bonds. The van der Waals surface area contributed by atoms with Gasteiger partial charge in [0.05, 0.1) is 0 Å². The van der Waals surface area contributed by atoms with Crippen LogP contribution in [0, 0.1) is 5.92 Å². The Labute approximate surface area is 111 Å². The van der Waals surface area contributed by atoms with Gasteiger partial charge < -0.3 is 10.6 Å². The number of benzene rings is 1. The van der Waals surface area contributed by atoms with Crippen LogP contribution in [0.1, 0.15) is 6.92 Å². The third-order valence-corrected chi connectivity index (χ3v) is 2.60. The molecule has 0 bridgehead atoms. The molecule has 0 saturated heterocycles. The smallest absolute Gasteiger partial charge is 0.228 e. The van der Waals surface area contributed by atoms with E-state index in [1.807, 2.05) is 38.2 Å². The molecule has 0 saturated carbocycles. The molecule has 0 spiro atoms. The SMILES string of the molecule is CNCC(C)C(=O)Nc1ccc(Br)cc1.Cl. The van der Waals surface area contributed by atoms with E-state index in [4.69, 9.17) is 0 Å². The summed E-state index contributed by atoms with van der Waals surface area (Å²) in [6.45, 7) is 2.58. The standard InChI is InChI=1S/C11H15BrN2O.ClH/c1-8(7-13-2)11(15)14-10-5-3-9(12)4-6-10;/h3-6,8,13H,7H2,1-2H3,(H,14,15);1H. The van der Waals surface area contributed by atoms with E-state index < -0.39 is 0 Å². The van der Waals surface area contributed by atoms with Crippen LogP contribution in [0.25, 0.3) is 0 Å². The molecule has 0 fully saturated rings. The Hall–Kier alpha value is -0.580. The number of hydrogen-bond donors (Lipinski definition) is 2. The van der Waals surface area contributed by atoms with Gasteiger partial charge in [-0.25, -0.2) is 0 Å². The van der Waals surface area contributed by atoms with Crippen LogP contribution in [-0.4, -0.2) is 19.5 Å². The summed E-state index contributed by atoms with van der Waals surface area (Å²) in [4.78, 5) is 11.6. The topological polar surface area (TPSA) is 41.1 Å². The van der Waals surface area contributed by atoms with Crippen LogP contribution in [0.2, 0.25) is 0 Å². The van der Waals surface area contributed by atoms with E-state index in [1.165, 1.54) is 0 Å². The van der Waals surface area contributed by atoms with Gasteiger partial charge in [-0.1, -0.05) is 22.9 Å². The molecule has 0 aromatic heterocycles. The third kappa shape index (κ3) is 4.96. The van der Waals surface area contributed by atoms with Gasteiger partial charge in [-0.05, 0) is 31.3 Å². The summed E-state index contributed by atoms with van der Waals surface area (Å²) < 4.78 is 1.00. The van der Waals surface area contributed by atoms with Crippen LogP contribution in [-0.2, 0) is 4.79 Å². The first kappa shape index (κ1) is 15.4. The monoisotopic (exact) mass is 306 g/mol. The molecule has 0 aliphatic carbocycles. The molecule has 0 aliphatic heterocycles. The molecular formula is C11H16BrClN2O. The van der Waals surface area contributed by atoms with E-state index in [1.54, 1.807) is 0 Å². The number of nitrogens with one attached hydrogen (secondary N) is 2. The number of amides is 1. The van der Waals surface area contributed by atoms with Crippen molar-refractivity contribution in [1.29, 1.82) is 0 Å². The molecule has 3 nitrogen and oxygen atoms in total. The molecule has 1 aromatic rings. The Morgan fingerprint density at radius 3 is 2.44 bits per heavy atom. The predicted octanol–water partition coefficient (Wildman–Crippen LogP) is 2.66. The van der Waals surface area contributed by atoms with Crippen molar-refractivity contribution in [2.24, 2.45) is 5.92 Å². The minimum absolute atomic E-state index is 0. The van der Waals surface area contributed by atoms with Crippen molar-refractivity contribution in [3.05, 3.63) is 28.7 Å². The van der Waals surface area contributed by atoms with Crippen LogP contribution in [0.15, 0.2) is 28.7 Å². The van der Waals surface area contributed by atoms with Gasteiger partial charge in [0.15, 0.2) is 0 Å². The minimum Gasteiger partial charge on any atom is -0.326 e. The van der Waals surface area contributed by atoms with Crippen molar-refractivity contribution < 1.29 is 4.79 Å². The van der Waals surface area contributed by atoms with Crippen molar-refractivity contribution in [2.75, 3.05) is 18.9 Å². The van der Waals surface area contributed by atoms with Gasteiger partial charge in [0.2, 0.25) is 5.91 Å². The van der Waals surface area contributed by atoms with Crippen molar-refractivity contribution in [2.45, 2.75) is 6.92 Å². The average Bonchev–Trinajstić information content (AvgIpc) is 2.22. The fraction of sp³-hybridized carbons (Fsp3) is 0.364. The maximum Gasteiger partial charge on any atom is 0.228 e. The lowest BCUT2D eigenvalue weighted by Crippen LogP contribution is -2.28. The number of rotatable bonds is 4. The van der Waals surface area contributed by atoms with E-state index in [0.29, 0.717) is 6.54 Å². The molecular weight excluding hydrogens is 291 g/mol. The summed E-state index contributed by atoms with van der Waals surface area (Å²) in [5, 5.41) is 5.83. The highest BCUT2D eigenvalue weighted by Gasteiger charge is 2.11. The zero-order valence-electron chi connectivity index (χ0n) is 9.29. The average molecular weight is 308 g/mol. The summed E-state index contributed by atoms with van der Waals surface area (Å²) in [7, 11) is 1.84. The number of anilines is 1. The first-order valence-corrected chi connectivity index (χ1v) is 5.64. The molecule has 0 radical (unpaired) electrons. The lowest BCUT2D eigenvalue weighted by Gasteiger charge is -2.11. The van der Waals surface area contributed by atoms with E-state index in [9.17, 15) is 4.79 Å². The Bertz CT molecular complexity index is 329. The fourth-order valence-corrected chi connectivity index (χ4v) is 1.46. The molecule has 1 aromatic carbocycles. The van der Waals surface area contributed by atoms with Crippen LogP contribution in [0.4, 0.5) is 5.69 Å². The number of hydrogen-bond acceptors (Lipinski definition) is 2. The second-order valence-corrected chi connectivity index (χ2v) is 4.37. The normalized spacial score (nSPS) is 11.4. The molecule has 1 unspecified atom stereocenters. The van der Waals surface area contributed by atoms with Crippen LogP contribution < -0.4 is 10.6 Å². The molecule has 1 rings (SSSR count). The van der Waals surface area contributed by atoms with Gasteiger partial charge in [0.1, 0.15) is 0 Å². The van der Waals surface area contributed by atoms with Gasteiger partial charge >= 0.3 is 0 Å². The van der Waals surface area contributed by atoms with Crippen LogP contribution >= 0.6 is 28.3 Å². The first-order valence-electron chi connectivity index (χ1n) is 4.84. The quantitative estimate of drug-likeness (QED) is 0.898. The summed E-state index contributed by atoms with van der Waals surface area (Å²) in [5.74, 6) is 0.00493. The fourth-order valence-electron chi connectivity index (χ4n) is 1.20. The molecule has 16 heavy (non-hydrogen) atoms. The molecule has 90 valence electrons. The molecule has 1 atom stereocenters. The largest absolute Gasteiger partial charge is 0.326 e. The zero-order valence-corrected chi connectivity index (χ0v) is 11.7. The summed E-state index contributed by atoms with van der Waals surface area (Å²) in [5.41, 5.74) is 0.825. The van der Waals surface area contributed by atoms with Crippen molar-refractivity contribution in [1.82, 2.24) is 5.32 Å². The highest BCUT2D eigenvalue weighted by atomic mass is 79.9. The van der Waals surface area contributed by atoms with E-state index in [-0.39, 0.29) is 24.2 Å². The van der Waals surface area contributed by atoms with Crippen molar-refractivity contribution in [3.63, 3.8) is 0 Å². The highest BCUT2D eigenvalue weighted by Crippen LogP contribution is 2.14. The van der Waals surface area contributed by atoms with E-state index >= 15 is 0 Å². The highest BCUT2D eigenvalue weighted by molar-refractivity contribution is 9.10. The Morgan fingerprint density at radius 1 is 1.38 bits per heavy atom. The number of halogens is 2. The number of carbonyl (C=O) groups excluding carboxylic acids is 1. The zero-order chi connectivity index (χ0) is 11.3. The second-order valence-electron chi connectivity index (χ2n) is 3.45. The lowest BCUT2D eigenvalue weighted by atomic mass is 10.1. The second kappa shape index (κ2) is 7.65. The first-order chi connectivity index (χ1) is 7.13. The lowest BCUT2D eigenvalue weighted by molar-refractivity contribution is -0.119. The van der Waals surface area contributed by atoms with Crippen LogP contribution in [0.5, 0.6) is 0 Å². The maximum atomic E-state index is 11.6. The minimum atomic E-state index is -0.0290. The molecule has 5 heteroatoms. The predicted molar refractivity (Wildman–Crippen MR) is 73.1 cm³/mol. The van der Waals surface area contributed by atoms with Gasteiger partial charge in [-0.15, -0.1) is 12.4 Å².